The molecule has 2 N–H and O–H groups in total. The number of aryl methyl sites for hydroxylation is 1. The number of carbonyl (C=O) groups is 1. The Labute approximate surface area is 104 Å². The van der Waals surface area contributed by atoms with Crippen molar-refractivity contribution >= 4 is 17.3 Å². The molecule has 1 aromatic rings. The third-order valence-electron chi connectivity index (χ3n) is 2.61. The second-order valence-electron chi connectivity index (χ2n) is 3.96. The molecule has 0 amide bonds. The maximum Gasteiger partial charge on any atom is 0.347 e. The Hall–Kier alpha value is -0.980. The normalized spacial score (nSPS) is 20.4. The van der Waals surface area contributed by atoms with E-state index in [0.29, 0.717) is 30.2 Å². The van der Waals surface area contributed by atoms with Crippen molar-refractivity contribution in [1.29, 1.82) is 0 Å². The Morgan fingerprint density at radius 3 is 3.12 bits per heavy atom. The van der Waals surface area contributed by atoms with Crippen molar-refractivity contribution in [3.05, 3.63) is 15.6 Å². The molecule has 1 aliphatic heterocycles. The molecule has 0 radical (unpaired) electrons. The van der Waals surface area contributed by atoms with Crippen molar-refractivity contribution in [1.82, 2.24) is 10.3 Å². The van der Waals surface area contributed by atoms with Crippen LogP contribution in [-0.4, -0.2) is 35.8 Å². The van der Waals surface area contributed by atoms with Gasteiger partial charge in [-0.1, -0.05) is 13.3 Å². The zero-order valence-corrected chi connectivity index (χ0v) is 10.5. The Bertz CT molecular complexity index is 399. The highest BCUT2D eigenvalue weighted by Crippen LogP contribution is 2.26. The Kier molecular flexibility index (Phi) is 4.09. The topological polar surface area (TPSA) is 71.5 Å². The second-order valence-corrected chi connectivity index (χ2v) is 5.00. The monoisotopic (exact) mass is 256 g/mol. The number of aromatic nitrogens is 1. The molecule has 2 heterocycles. The van der Waals surface area contributed by atoms with Crippen LogP contribution in [-0.2, 0) is 11.2 Å². The van der Waals surface area contributed by atoms with Gasteiger partial charge in [0, 0.05) is 6.54 Å². The lowest BCUT2D eigenvalue weighted by atomic mass is 10.2. The van der Waals surface area contributed by atoms with Gasteiger partial charge in [-0.15, -0.1) is 11.3 Å². The second kappa shape index (κ2) is 5.57. The summed E-state index contributed by atoms with van der Waals surface area (Å²) in [6, 6.07) is 0.0393. The van der Waals surface area contributed by atoms with Crippen molar-refractivity contribution in [2.75, 3.05) is 19.8 Å². The number of aromatic carboxylic acids is 1. The number of thiazole rings is 1. The highest BCUT2D eigenvalue weighted by Gasteiger charge is 2.23. The summed E-state index contributed by atoms with van der Waals surface area (Å²) < 4.78 is 5.36. The number of nitrogens with one attached hydrogen (secondary N) is 1. The van der Waals surface area contributed by atoms with Gasteiger partial charge in [-0.2, -0.15) is 0 Å². The van der Waals surface area contributed by atoms with Crippen molar-refractivity contribution in [2.24, 2.45) is 0 Å². The van der Waals surface area contributed by atoms with Gasteiger partial charge in [0.15, 0.2) is 0 Å². The van der Waals surface area contributed by atoms with Gasteiger partial charge in [-0.25, -0.2) is 9.78 Å². The molecule has 0 saturated carbocycles. The average molecular weight is 256 g/mol. The average Bonchev–Trinajstić information content (AvgIpc) is 2.75. The molecule has 6 heteroatoms. The standard InChI is InChI=1S/C11H16N2O3S/c1-2-3-7-9(11(14)15)17-10(13-7)8-6-16-5-4-12-8/h8,12H,2-6H2,1H3,(H,14,15). The number of nitrogens with zero attached hydrogens (tertiary/aromatic N) is 1. The van der Waals surface area contributed by atoms with E-state index >= 15 is 0 Å². The molecule has 94 valence electrons. The minimum Gasteiger partial charge on any atom is -0.477 e. The zero-order valence-electron chi connectivity index (χ0n) is 9.73. The highest BCUT2D eigenvalue weighted by molar-refractivity contribution is 7.13. The molecule has 0 aliphatic carbocycles. The molecule has 1 aromatic heterocycles. The Balaban J connectivity index is 2.22. The van der Waals surface area contributed by atoms with Crippen molar-refractivity contribution in [2.45, 2.75) is 25.8 Å². The fourth-order valence-corrected chi connectivity index (χ4v) is 2.83. The number of hydrogen-bond acceptors (Lipinski definition) is 5. The van der Waals surface area contributed by atoms with Crippen molar-refractivity contribution in [3.63, 3.8) is 0 Å². The van der Waals surface area contributed by atoms with Crippen LogP contribution in [0.2, 0.25) is 0 Å². The summed E-state index contributed by atoms with van der Waals surface area (Å²) in [6.45, 7) is 4.08. The molecule has 1 saturated heterocycles. The predicted molar refractivity (Wildman–Crippen MR) is 64.6 cm³/mol. The van der Waals surface area contributed by atoms with Gasteiger partial charge in [-0.05, 0) is 6.42 Å². The van der Waals surface area contributed by atoms with Gasteiger partial charge in [0.05, 0.1) is 24.9 Å². The lowest BCUT2D eigenvalue weighted by Gasteiger charge is -2.21. The summed E-state index contributed by atoms with van der Waals surface area (Å²) in [6.07, 6.45) is 1.61. The minimum absolute atomic E-state index is 0.0393. The molecule has 0 bridgehead atoms. The smallest absolute Gasteiger partial charge is 0.347 e. The van der Waals surface area contributed by atoms with Crippen LogP contribution in [0.1, 0.15) is 39.8 Å². The van der Waals surface area contributed by atoms with E-state index in [4.69, 9.17) is 9.84 Å². The molecular formula is C11H16N2O3S. The molecule has 17 heavy (non-hydrogen) atoms. The van der Waals surface area contributed by atoms with Crippen LogP contribution in [0.15, 0.2) is 0 Å². The van der Waals surface area contributed by atoms with E-state index in [1.807, 2.05) is 6.92 Å². The predicted octanol–water partition coefficient (Wildman–Crippen LogP) is 1.45. The van der Waals surface area contributed by atoms with E-state index in [0.717, 1.165) is 18.0 Å². The van der Waals surface area contributed by atoms with Crippen molar-refractivity contribution < 1.29 is 14.6 Å². The number of morpholine rings is 1. The molecule has 1 aliphatic rings. The number of rotatable bonds is 4. The van der Waals surface area contributed by atoms with E-state index in [2.05, 4.69) is 10.3 Å². The van der Waals surface area contributed by atoms with Crippen LogP contribution in [0.4, 0.5) is 0 Å². The zero-order chi connectivity index (χ0) is 12.3. The molecule has 0 spiro atoms. The van der Waals surface area contributed by atoms with Crippen LogP contribution < -0.4 is 5.32 Å². The third-order valence-corrected chi connectivity index (χ3v) is 3.81. The maximum absolute atomic E-state index is 11.1. The van der Waals surface area contributed by atoms with E-state index in [1.165, 1.54) is 11.3 Å². The first-order valence-corrected chi connectivity index (χ1v) is 6.58. The third kappa shape index (κ3) is 2.83. The summed E-state index contributed by atoms with van der Waals surface area (Å²) in [7, 11) is 0. The first kappa shape index (κ1) is 12.5. The lowest BCUT2D eigenvalue weighted by molar-refractivity contribution is 0.0700. The first-order valence-electron chi connectivity index (χ1n) is 5.76. The van der Waals surface area contributed by atoms with Crippen LogP contribution in [0, 0.1) is 0 Å². The molecule has 0 aromatic carbocycles. The summed E-state index contributed by atoms with van der Waals surface area (Å²) in [5.41, 5.74) is 0.701. The van der Waals surface area contributed by atoms with E-state index in [1.54, 1.807) is 0 Å². The van der Waals surface area contributed by atoms with E-state index in [9.17, 15) is 4.79 Å². The number of carboxylic acid groups (broad SMARTS) is 1. The first-order chi connectivity index (χ1) is 8.22. The largest absolute Gasteiger partial charge is 0.477 e. The minimum atomic E-state index is -0.881. The number of hydrogen-bond donors (Lipinski definition) is 2. The Morgan fingerprint density at radius 2 is 2.53 bits per heavy atom. The van der Waals surface area contributed by atoms with Gasteiger partial charge >= 0.3 is 5.97 Å². The summed E-state index contributed by atoms with van der Waals surface area (Å²) in [5, 5.41) is 13.2. The summed E-state index contributed by atoms with van der Waals surface area (Å²) >= 11 is 1.26. The molecular weight excluding hydrogens is 240 g/mol. The molecule has 2 rings (SSSR count). The van der Waals surface area contributed by atoms with Crippen LogP contribution in [0.25, 0.3) is 0 Å². The van der Waals surface area contributed by atoms with E-state index < -0.39 is 5.97 Å². The van der Waals surface area contributed by atoms with Gasteiger partial charge in [0.2, 0.25) is 0 Å². The molecule has 1 fully saturated rings. The summed E-state index contributed by atoms with van der Waals surface area (Å²) in [4.78, 5) is 15.9. The van der Waals surface area contributed by atoms with Gasteiger partial charge < -0.3 is 15.2 Å². The van der Waals surface area contributed by atoms with E-state index in [-0.39, 0.29) is 6.04 Å². The van der Waals surface area contributed by atoms with Crippen LogP contribution in [0.5, 0.6) is 0 Å². The fourth-order valence-electron chi connectivity index (χ4n) is 1.82. The lowest BCUT2D eigenvalue weighted by Crippen LogP contribution is -2.34. The van der Waals surface area contributed by atoms with Gasteiger partial charge in [-0.3, -0.25) is 0 Å². The number of carboxylic acids is 1. The van der Waals surface area contributed by atoms with Crippen molar-refractivity contribution in [3.8, 4) is 0 Å². The SMILES string of the molecule is CCCc1nc(C2COCCN2)sc1C(=O)O. The van der Waals surface area contributed by atoms with Gasteiger partial charge in [0.1, 0.15) is 9.88 Å². The maximum atomic E-state index is 11.1. The quantitative estimate of drug-likeness (QED) is 0.853. The highest BCUT2D eigenvalue weighted by atomic mass is 32.1. The molecule has 1 unspecified atom stereocenters. The van der Waals surface area contributed by atoms with Crippen LogP contribution in [0.3, 0.4) is 0 Å². The van der Waals surface area contributed by atoms with Gasteiger partial charge in [0.25, 0.3) is 0 Å². The molecule has 5 nitrogen and oxygen atoms in total. The summed E-state index contributed by atoms with van der Waals surface area (Å²) in [5.74, 6) is -0.881. The number of ether oxygens (including phenoxy) is 1. The Morgan fingerprint density at radius 1 is 1.71 bits per heavy atom. The molecule has 1 atom stereocenters. The van der Waals surface area contributed by atoms with Crippen LogP contribution >= 0.6 is 11.3 Å². The fraction of sp³-hybridized carbons (Fsp3) is 0.636.